The van der Waals surface area contributed by atoms with Crippen molar-refractivity contribution in [3.8, 4) is 11.5 Å². The molecule has 0 spiro atoms. The molecule has 0 heterocycles. The Morgan fingerprint density at radius 1 is 0.971 bits per heavy atom. The van der Waals surface area contributed by atoms with E-state index in [4.69, 9.17) is 21.1 Å². The second-order valence-electron chi connectivity index (χ2n) is 7.49. The summed E-state index contributed by atoms with van der Waals surface area (Å²) in [6.45, 7) is 6.36. The smallest absolute Gasteiger partial charge is 0.329 e. The van der Waals surface area contributed by atoms with Crippen LogP contribution in [0, 0.1) is 13.8 Å². The molecular formula is C26H26ClN3O4. The molecule has 0 radical (unpaired) electrons. The third-order valence-corrected chi connectivity index (χ3v) is 5.20. The van der Waals surface area contributed by atoms with Gasteiger partial charge in [0, 0.05) is 16.3 Å². The normalized spacial score (nSPS) is 10.7. The summed E-state index contributed by atoms with van der Waals surface area (Å²) in [7, 11) is 0. The maximum absolute atomic E-state index is 12.2. The molecule has 34 heavy (non-hydrogen) atoms. The summed E-state index contributed by atoms with van der Waals surface area (Å²) in [6.07, 6.45) is 1.42. The Morgan fingerprint density at radius 3 is 2.53 bits per heavy atom. The third-order valence-electron chi connectivity index (χ3n) is 4.84. The second-order valence-corrected chi connectivity index (χ2v) is 7.90. The van der Waals surface area contributed by atoms with E-state index in [1.807, 2.05) is 51.1 Å². The molecule has 7 nitrogen and oxygen atoms in total. The molecule has 176 valence electrons. The van der Waals surface area contributed by atoms with Gasteiger partial charge in [0.15, 0.2) is 11.5 Å². The summed E-state index contributed by atoms with van der Waals surface area (Å²) in [4.78, 5) is 24.3. The van der Waals surface area contributed by atoms with Crippen molar-refractivity contribution in [3.05, 3.63) is 87.9 Å². The summed E-state index contributed by atoms with van der Waals surface area (Å²) in [5.41, 5.74) is 6.17. The molecule has 0 fully saturated rings. The molecule has 0 atom stereocenters. The number of hydrogen-bond donors (Lipinski definition) is 2. The molecule has 0 aromatic heterocycles. The quantitative estimate of drug-likeness (QED) is 0.269. The monoisotopic (exact) mass is 479 g/mol. The van der Waals surface area contributed by atoms with Gasteiger partial charge in [0.2, 0.25) is 0 Å². The fourth-order valence-corrected chi connectivity index (χ4v) is 3.22. The molecule has 2 amide bonds. The van der Waals surface area contributed by atoms with E-state index in [9.17, 15) is 9.59 Å². The van der Waals surface area contributed by atoms with Crippen molar-refractivity contribution in [3.63, 3.8) is 0 Å². The molecule has 0 aliphatic carbocycles. The van der Waals surface area contributed by atoms with Crippen LogP contribution in [0.15, 0.2) is 65.8 Å². The molecule has 0 aliphatic rings. The molecular weight excluding hydrogens is 454 g/mol. The number of nitrogens with one attached hydrogen (secondary N) is 2. The zero-order valence-corrected chi connectivity index (χ0v) is 20.0. The molecule has 0 bridgehead atoms. The zero-order chi connectivity index (χ0) is 24.5. The van der Waals surface area contributed by atoms with Crippen LogP contribution in [0.25, 0.3) is 0 Å². The Balaban J connectivity index is 1.61. The molecule has 3 rings (SSSR count). The Hall–Kier alpha value is -3.84. The van der Waals surface area contributed by atoms with Crippen molar-refractivity contribution in [1.82, 2.24) is 5.43 Å². The summed E-state index contributed by atoms with van der Waals surface area (Å²) < 4.78 is 11.6. The van der Waals surface area contributed by atoms with Gasteiger partial charge in [-0.2, -0.15) is 5.10 Å². The van der Waals surface area contributed by atoms with Crippen LogP contribution in [-0.2, 0) is 16.2 Å². The molecule has 0 saturated carbocycles. The van der Waals surface area contributed by atoms with Crippen molar-refractivity contribution < 1.29 is 19.1 Å². The first-order valence-electron chi connectivity index (χ1n) is 10.7. The fraction of sp³-hybridized carbons (Fsp3) is 0.192. The van der Waals surface area contributed by atoms with Crippen molar-refractivity contribution >= 4 is 35.3 Å². The number of anilines is 1. The first kappa shape index (κ1) is 24.8. The molecule has 0 saturated heterocycles. The van der Waals surface area contributed by atoms with Gasteiger partial charge >= 0.3 is 11.8 Å². The minimum atomic E-state index is -0.873. The number of halogens is 1. The first-order chi connectivity index (χ1) is 16.4. The van der Waals surface area contributed by atoms with E-state index >= 15 is 0 Å². The molecule has 3 aromatic rings. The van der Waals surface area contributed by atoms with E-state index in [-0.39, 0.29) is 0 Å². The molecule has 8 heteroatoms. The minimum absolute atomic E-state index is 0.290. The fourth-order valence-electron chi connectivity index (χ4n) is 3.03. The SMILES string of the molecule is CCOc1cc(/C=N/NC(=O)C(=O)Nc2cc(C)ccc2C)ccc1OCc1ccccc1Cl. The highest BCUT2D eigenvalue weighted by Crippen LogP contribution is 2.29. The predicted molar refractivity (Wildman–Crippen MR) is 134 cm³/mol. The van der Waals surface area contributed by atoms with Crippen LogP contribution >= 0.6 is 11.6 Å². The second kappa shape index (κ2) is 11.9. The number of rotatable bonds is 8. The molecule has 0 unspecified atom stereocenters. The van der Waals surface area contributed by atoms with Gasteiger partial charge in [-0.25, -0.2) is 5.43 Å². The average molecular weight is 480 g/mol. The Labute approximate surface area is 203 Å². The van der Waals surface area contributed by atoms with Gasteiger partial charge in [-0.05, 0) is 67.8 Å². The number of hydrogen-bond acceptors (Lipinski definition) is 5. The summed E-state index contributed by atoms with van der Waals surface area (Å²) in [6, 6.07) is 18.3. The van der Waals surface area contributed by atoms with E-state index in [0.717, 1.165) is 16.7 Å². The lowest BCUT2D eigenvalue weighted by atomic mass is 10.1. The summed E-state index contributed by atoms with van der Waals surface area (Å²) >= 11 is 6.19. The lowest BCUT2D eigenvalue weighted by Gasteiger charge is -2.13. The standard InChI is InChI=1S/C26H26ClN3O4/c1-4-33-24-14-19(11-12-23(24)34-16-20-7-5-6-8-21(20)27)15-28-30-26(32)25(31)29-22-13-17(2)9-10-18(22)3/h5-15H,4,16H2,1-3H3,(H,29,31)(H,30,32)/b28-15+. The van der Waals surface area contributed by atoms with E-state index < -0.39 is 11.8 Å². The van der Waals surface area contributed by atoms with Crippen LogP contribution in [0.4, 0.5) is 5.69 Å². The average Bonchev–Trinajstić information content (AvgIpc) is 2.82. The van der Waals surface area contributed by atoms with Gasteiger partial charge in [0.05, 0.1) is 12.8 Å². The highest BCUT2D eigenvalue weighted by molar-refractivity contribution is 6.39. The van der Waals surface area contributed by atoms with Crippen LogP contribution in [0.3, 0.4) is 0 Å². The topological polar surface area (TPSA) is 89.0 Å². The number of hydrazone groups is 1. The van der Waals surface area contributed by atoms with Crippen LogP contribution in [-0.4, -0.2) is 24.6 Å². The maximum Gasteiger partial charge on any atom is 0.329 e. The third kappa shape index (κ3) is 6.83. The van der Waals surface area contributed by atoms with Crippen LogP contribution < -0.4 is 20.2 Å². The highest BCUT2D eigenvalue weighted by atomic mass is 35.5. The number of carbonyl (C=O) groups is 2. The van der Waals surface area contributed by atoms with Crippen molar-refractivity contribution in [2.75, 3.05) is 11.9 Å². The Bertz CT molecular complexity index is 1210. The largest absolute Gasteiger partial charge is 0.490 e. The lowest BCUT2D eigenvalue weighted by molar-refractivity contribution is -0.136. The van der Waals surface area contributed by atoms with Crippen LogP contribution in [0.2, 0.25) is 5.02 Å². The van der Waals surface area contributed by atoms with Gasteiger partial charge in [-0.1, -0.05) is 41.9 Å². The van der Waals surface area contributed by atoms with Gasteiger partial charge in [-0.15, -0.1) is 0 Å². The van der Waals surface area contributed by atoms with E-state index in [0.29, 0.717) is 41.0 Å². The predicted octanol–water partition coefficient (Wildman–Crippen LogP) is 5.02. The van der Waals surface area contributed by atoms with Crippen LogP contribution in [0.5, 0.6) is 11.5 Å². The minimum Gasteiger partial charge on any atom is -0.490 e. The van der Waals surface area contributed by atoms with E-state index in [1.54, 1.807) is 30.3 Å². The molecule has 0 aliphatic heterocycles. The van der Waals surface area contributed by atoms with Crippen molar-refractivity contribution in [2.24, 2.45) is 5.10 Å². The number of amides is 2. The first-order valence-corrected chi connectivity index (χ1v) is 11.1. The molecule has 2 N–H and O–H groups in total. The van der Waals surface area contributed by atoms with Gasteiger partial charge in [0.1, 0.15) is 6.61 Å². The summed E-state index contributed by atoms with van der Waals surface area (Å²) in [5, 5.41) is 7.10. The number of ether oxygens (including phenoxy) is 2. The lowest BCUT2D eigenvalue weighted by Crippen LogP contribution is -2.32. The zero-order valence-electron chi connectivity index (χ0n) is 19.2. The van der Waals surface area contributed by atoms with Crippen molar-refractivity contribution in [1.29, 1.82) is 0 Å². The van der Waals surface area contributed by atoms with E-state index in [2.05, 4.69) is 15.8 Å². The maximum atomic E-state index is 12.2. The Kier molecular flexibility index (Phi) is 8.65. The van der Waals surface area contributed by atoms with Gasteiger partial charge < -0.3 is 14.8 Å². The van der Waals surface area contributed by atoms with E-state index in [1.165, 1.54) is 6.21 Å². The van der Waals surface area contributed by atoms with Crippen molar-refractivity contribution in [2.45, 2.75) is 27.4 Å². The Morgan fingerprint density at radius 2 is 1.76 bits per heavy atom. The highest BCUT2D eigenvalue weighted by Gasteiger charge is 2.14. The number of aryl methyl sites for hydroxylation is 2. The number of carbonyl (C=O) groups excluding carboxylic acids is 2. The van der Waals surface area contributed by atoms with Crippen LogP contribution in [0.1, 0.15) is 29.2 Å². The van der Waals surface area contributed by atoms with Gasteiger partial charge in [-0.3, -0.25) is 9.59 Å². The number of benzene rings is 3. The number of nitrogens with zero attached hydrogens (tertiary/aromatic N) is 1. The van der Waals surface area contributed by atoms with Gasteiger partial charge in [0.25, 0.3) is 0 Å². The summed E-state index contributed by atoms with van der Waals surface area (Å²) in [5.74, 6) is -0.598. The molecule has 3 aromatic carbocycles.